The van der Waals surface area contributed by atoms with Crippen LogP contribution in [0.3, 0.4) is 0 Å². The van der Waals surface area contributed by atoms with Crippen LogP contribution in [-0.4, -0.2) is 13.0 Å². The topological polar surface area (TPSA) is 55.1 Å². The Morgan fingerprint density at radius 2 is 1.86 bits per heavy atom. The van der Waals surface area contributed by atoms with Crippen LogP contribution >= 0.6 is 12.4 Å². The number of halogens is 1. The molecule has 0 aromatic heterocycles. The molecule has 0 saturated carbocycles. The maximum atomic E-state index is 11.2. The summed E-state index contributed by atoms with van der Waals surface area (Å²) in [5, 5.41) is 2.56. The standard InChI is InChI=1S/C10H14N2O.ClH/c1-7(11)8-3-5-9(6-4-8)10(13)12-2;/h3-7H,11H2,1-2H3,(H,12,13);1H. The third-order valence-electron chi connectivity index (χ3n) is 1.93. The van der Waals surface area contributed by atoms with E-state index in [1.54, 1.807) is 19.2 Å². The molecule has 0 aliphatic carbocycles. The van der Waals surface area contributed by atoms with Crippen LogP contribution in [0.2, 0.25) is 0 Å². The predicted octanol–water partition coefficient (Wildman–Crippen LogP) is 1.49. The number of hydrogen-bond acceptors (Lipinski definition) is 2. The number of nitrogens with one attached hydrogen (secondary N) is 1. The van der Waals surface area contributed by atoms with Gasteiger partial charge in [-0.25, -0.2) is 0 Å². The van der Waals surface area contributed by atoms with E-state index in [1.807, 2.05) is 19.1 Å². The summed E-state index contributed by atoms with van der Waals surface area (Å²) >= 11 is 0. The van der Waals surface area contributed by atoms with Crippen LogP contribution in [0, 0.1) is 0 Å². The monoisotopic (exact) mass is 214 g/mol. The quantitative estimate of drug-likeness (QED) is 0.784. The van der Waals surface area contributed by atoms with Crippen molar-refractivity contribution in [1.29, 1.82) is 0 Å². The minimum Gasteiger partial charge on any atom is -0.355 e. The lowest BCUT2D eigenvalue weighted by Crippen LogP contribution is -2.17. The highest BCUT2D eigenvalue weighted by atomic mass is 35.5. The molecule has 1 rings (SSSR count). The molecule has 3 nitrogen and oxygen atoms in total. The molecule has 1 atom stereocenters. The highest BCUT2D eigenvalue weighted by molar-refractivity contribution is 5.93. The minimum absolute atomic E-state index is 0. The molecule has 1 aromatic rings. The Labute approximate surface area is 90.1 Å². The molecule has 4 heteroatoms. The Balaban J connectivity index is 0.00000169. The molecule has 0 heterocycles. The molecule has 1 unspecified atom stereocenters. The van der Waals surface area contributed by atoms with Crippen LogP contribution in [-0.2, 0) is 0 Å². The molecule has 0 fully saturated rings. The summed E-state index contributed by atoms with van der Waals surface area (Å²) in [4.78, 5) is 11.2. The minimum atomic E-state index is -0.0729. The molecular weight excluding hydrogens is 200 g/mol. The van der Waals surface area contributed by atoms with Crippen molar-refractivity contribution in [1.82, 2.24) is 5.32 Å². The predicted molar refractivity (Wildman–Crippen MR) is 59.7 cm³/mol. The third kappa shape index (κ3) is 3.01. The average Bonchev–Trinajstić information content (AvgIpc) is 2.17. The van der Waals surface area contributed by atoms with E-state index < -0.39 is 0 Å². The lowest BCUT2D eigenvalue weighted by atomic mass is 10.1. The van der Waals surface area contributed by atoms with Gasteiger partial charge in [0.1, 0.15) is 0 Å². The number of benzene rings is 1. The molecule has 1 aromatic carbocycles. The van der Waals surface area contributed by atoms with Crippen molar-refractivity contribution in [3.05, 3.63) is 35.4 Å². The van der Waals surface area contributed by atoms with Gasteiger partial charge in [-0.1, -0.05) is 12.1 Å². The van der Waals surface area contributed by atoms with E-state index in [1.165, 1.54) is 0 Å². The Bertz CT molecular complexity index is 295. The first-order chi connectivity index (χ1) is 6.15. The lowest BCUT2D eigenvalue weighted by Gasteiger charge is -2.05. The van der Waals surface area contributed by atoms with Crippen LogP contribution in [0.15, 0.2) is 24.3 Å². The molecule has 0 spiro atoms. The first-order valence-electron chi connectivity index (χ1n) is 4.22. The Kier molecular flexibility index (Phi) is 5.20. The maximum absolute atomic E-state index is 11.2. The van der Waals surface area contributed by atoms with E-state index in [0.29, 0.717) is 5.56 Å². The van der Waals surface area contributed by atoms with Crippen LogP contribution in [0.25, 0.3) is 0 Å². The molecule has 3 N–H and O–H groups in total. The highest BCUT2D eigenvalue weighted by Gasteiger charge is 2.03. The summed E-state index contributed by atoms with van der Waals surface area (Å²) in [6.07, 6.45) is 0. The normalized spacial score (nSPS) is 11.4. The van der Waals surface area contributed by atoms with E-state index in [9.17, 15) is 4.79 Å². The van der Waals surface area contributed by atoms with Gasteiger partial charge in [-0.3, -0.25) is 4.79 Å². The van der Waals surface area contributed by atoms with Gasteiger partial charge >= 0.3 is 0 Å². The zero-order valence-electron chi connectivity index (χ0n) is 8.28. The van der Waals surface area contributed by atoms with E-state index in [2.05, 4.69) is 5.32 Å². The molecular formula is C10H15ClN2O. The fourth-order valence-corrected chi connectivity index (χ4v) is 1.08. The summed E-state index contributed by atoms with van der Waals surface area (Å²) in [6, 6.07) is 7.30. The van der Waals surface area contributed by atoms with Crippen molar-refractivity contribution >= 4 is 18.3 Å². The summed E-state index contributed by atoms with van der Waals surface area (Å²) in [6.45, 7) is 1.91. The van der Waals surface area contributed by atoms with Crippen molar-refractivity contribution in [3.8, 4) is 0 Å². The maximum Gasteiger partial charge on any atom is 0.251 e. The van der Waals surface area contributed by atoms with E-state index in [-0.39, 0.29) is 24.4 Å². The highest BCUT2D eigenvalue weighted by Crippen LogP contribution is 2.10. The Morgan fingerprint density at radius 1 is 1.36 bits per heavy atom. The molecule has 0 bridgehead atoms. The van der Waals surface area contributed by atoms with Crippen molar-refractivity contribution in [2.45, 2.75) is 13.0 Å². The van der Waals surface area contributed by atoms with Crippen molar-refractivity contribution in [2.75, 3.05) is 7.05 Å². The van der Waals surface area contributed by atoms with Gasteiger partial charge in [0.2, 0.25) is 0 Å². The fraction of sp³-hybridized carbons (Fsp3) is 0.300. The number of hydrogen-bond donors (Lipinski definition) is 2. The first kappa shape index (κ1) is 12.9. The first-order valence-corrected chi connectivity index (χ1v) is 4.22. The van der Waals surface area contributed by atoms with Crippen LogP contribution in [0.1, 0.15) is 28.9 Å². The van der Waals surface area contributed by atoms with Crippen LogP contribution < -0.4 is 11.1 Å². The SMILES string of the molecule is CNC(=O)c1ccc(C(C)N)cc1.Cl. The van der Waals surface area contributed by atoms with E-state index in [4.69, 9.17) is 5.73 Å². The van der Waals surface area contributed by atoms with Gasteiger partial charge in [-0.15, -0.1) is 12.4 Å². The fourth-order valence-electron chi connectivity index (χ4n) is 1.08. The zero-order valence-corrected chi connectivity index (χ0v) is 9.10. The Hall–Kier alpha value is -1.06. The van der Waals surface area contributed by atoms with Crippen molar-refractivity contribution in [2.24, 2.45) is 5.73 Å². The van der Waals surface area contributed by atoms with Gasteiger partial charge in [-0.05, 0) is 24.6 Å². The molecule has 1 amide bonds. The van der Waals surface area contributed by atoms with E-state index >= 15 is 0 Å². The lowest BCUT2D eigenvalue weighted by molar-refractivity contribution is 0.0963. The molecule has 14 heavy (non-hydrogen) atoms. The average molecular weight is 215 g/mol. The third-order valence-corrected chi connectivity index (χ3v) is 1.93. The molecule has 0 aliphatic rings. The van der Waals surface area contributed by atoms with Crippen LogP contribution in [0.5, 0.6) is 0 Å². The molecule has 0 radical (unpaired) electrons. The number of nitrogens with two attached hydrogens (primary N) is 1. The number of rotatable bonds is 2. The van der Waals surface area contributed by atoms with Crippen LogP contribution in [0.4, 0.5) is 0 Å². The summed E-state index contributed by atoms with van der Waals surface area (Å²) in [5.74, 6) is -0.0729. The van der Waals surface area contributed by atoms with Gasteiger partial charge < -0.3 is 11.1 Å². The molecule has 0 aliphatic heterocycles. The van der Waals surface area contributed by atoms with Gasteiger partial charge in [0.15, 0.2) is 0 Å². The van der Waals surface area contributed by atoms with E-state index in [0.717, 1.165) is 5.56 Å². The van der Waals surface area contributed by atoms with Gasteiger partial charge in [0.25, 0.3) is 5.91 Å². The number of carbonyl (C=O) groups is 1. The van der Waals surface area contributed by atoms with Gasteiger partial charge in [0, 0.05) is 18.7 Å². The second-order valence-corrected chi connectivity index (χ2v) is 2.99. The van der Waals surface area contributed by atoms with Gasteiger partial charge in [0.05, 0.1) is 0 Å². The zero-order chi connectivity index (χ0) is 9.84. The summed E-state index contributed by atoms with van der Waals surface area (Å²) in [7, 11) is 1.61. The van der Waals surface area contributed by atoms with Crippen molar-refractivity contribution < 1.29 is 4.79 Å². The number of amides is 1. The second-order valence-electron chi connectivity index (χ2n) is 2.99. The summed E-state index contributed by atoms with van der Waals surface area (Å²) in [5.41, 5.74) is 7.37. The van der Waals surface area contributed by atoms with Gasteiger partial charge in [-0.2, -0.15) is 0 Å². The number of carbonyl (C=O) groups excluding carboxylic acids is 1. The second kappa shape index (κ2) is 5.62. The largest absolute Gasteiger partial charge is 0.355 e. The smallest absolute Gasteiger partial charge is 0.251 e. The molecule has 0 saturated heterocycles. The Morgan fingerprint density at radius 3 is 2.21 bits per heavy atom. The van der Waals surface area contributed by atoms with Crippen molar-refractivity contribution in [3.63, 3.8) is 0 Å². The summed E-state index contributed by atoms with van der Waals surface area (Å²) < 4.78 is 0. The molecule has 78 valence electrons.